The van der Waals surface area contributed by atoms with Crippen LogP contribution in [-0.4, -0.2) is 80.7 Å². The molecule has 5 rings (SSSR count). The summed E-state index contributed by atoms with van der Waals surface area (Å²) in [6, 6.07) is 4.45. The Bertz CT molecular complexity index is 1290. The molecule has 1 amide bonds. The third-order valence-corrected chi connectivity index (χ3v) is 6.91. The zero-order chi connectivity index (χ0) is 25.4. The molecule has 0 atom stereocenters. The molecular formula is C26H33N7O3. The number of amides is 1. The fourth-order valence-electron chi connectivity index (χ4n) is 5.06. The SMILES string of the molecule is COc1cc(-c2cnn(C3CCN(CC4CN(C(=O)OC(C)(C)C)C4)CC3)c2)cn2ncc(C#N)c12. The van der Waals surface area contributed by atoms with Gasteiger partial charge in [-0.1, -0.05) is 0 Å². The van der Waals surface area contributed by atoms with Crippen LogP contribution in [-0.2, 0) is 4.74 Å². The molecule has 190 valence electrons. The van der Waals surface area contributed by atoms with E-state index >= 15 is 0 Å². The quantitative estimate of drug-likeness (QED) is 0.538. The number of aromatic nitrogens is 4. The Morgan fingerprint density at radius 3 is 2.56 bits per heavy atom. The minimum Gasteiger partial charge on any atom is -0.494 e. The van der Waals surface area contributed by atoms with Crippen LogP contribution in [0.3, 0.4) is 0 Å². The van der Waals surface area contributed by atoms with Gasteiger partial charge < -0.3 is 19.3 Å². The molecule has 0 saturated carbocycles. The van der Waals surface area contributed by atoms with Gasteiger partial charge in [0, 0.05) is 62.2 Å². The number of carbonyl (C=O) groups is 1. The third kappa shape index (κ3) is 4.88. The van der Waals surface area contributed by atoms with Crippen LogP contribution in [0.2, 0.25) is 0 Å². The summed E-state index contributed by atoms with van der Waals surface area (Å²) >= 11 is 0. The second kappa shape index (κ2) is 9.47. The summed E-state index contributed by atoms with van der Waals surface area (Å²) in [7, 11) is 1.60. The Kier molecular flexibility index (Phi) is 6.35. The molecule has 5 heterocycles. The van der Waals surface area contributed by atoms with Crippen molar-refractivity contribution in [1.82, 2.24) is 29.2 Å². The molecule has 10 nitrogen and oxygen atoms in total. The van der Waals surface area contributed by atoms with Crippen molar-refractivity contribution in [3.05, 3.63) is 36.4 Å². The summed E-state index contributed by atoms with van der Waals surface area (Å²) in [6.45, 7) is 10.3. The van der Waals surface area contributed by atoms with Crippen LogP contribution in [0.4, 0.5) is 4.79 Å². The number of rotatable bonds is 5. The van der Waals surface area contributed by atoms with Crippen molar-refractivity contribution in [2.75, 3.05) is 39.8 Å². The first kappa shape index (κ1) is 24.1. The van der Waals surface area contributed by atoms with Crippen molar-refractivity contribution < 1.29 is 14.3 Å². The van der Waals surface area contributed by atoms with E-state index in [1.54, 1.807) is 22.7 Å². The predicted molar refractivity (Wildman–Crippen MR) is 134 cm³/mol. The van der Waals surface area contributed by atoms with E-state index in [0.29, 0.717) is 28.8 Å². The van der Waals surface area contributed by atoms with Gasteiger partial charge in [-0.3, -0.25) is 4.68 Å². The molecule has 0 radical (unpaired) electrons. The second-order valence-corrected chi connectivity index (χ2v) is 10.8. The zero-order valence-corrected chi connectivity index (χ0v) is 21.3. The number of likely N-dealkylation sites (tertiary alicyclic amines) is 2. The summed E-state index contributed by atoms with van der Waals surface area (Å²) < 4.78 is 14.8. The third-order valence-electron chi connectivity index (χ3n) is 6.91. The number of hydrogen-bond donors (Lipinski definition) is 0. The highest BCUT2D eigenvalue weighted by Crippen LogP contribution is 2.31. The van der Waals surface area contributed by atoms with Gasteiger partial charge in [0.05, 0.1) is 25.5 Å². The number of piperidine rings is 1. The molecule has 0 aliphatic carbocycles. The predicted octanol–water partition coefficient (Wildman–Crippen LogP) is 3.58. The molecule has 3 aromatic rings. The molecule has 3 aromatic heterocycles. The van der Waals surface area contributed by atoms with Crippen LogP contribution in [0.1, 0.15) is 45.2 Å². The van der Waals surface area contributed by atoms with Crippen molar-refractivity contribution in [3.63, 3.8) is 0 Å². The van der Waals surface area contributed by atoms with Gasteiger partial charge in [-0.2, -0.15) is 15.5 Å². The standard InChI is InChI=1S/C26H33N7O3/c1-26(2,3)36-25(34)31-14-18(15-31)13-30-7-5-22(6-8-30)32-17-21(12-28-32)19-9-23(35-4)24-20(10-27)11-29-33(24)16-19/h9,11-12,16-18,22H,5-8,13-15H2,1-4H3. The molecule has 0 N–H and O–H groups in total. The molecule has 0 unspecified atom stereocenters. The van der Waals surface area contributed by atoms with Gasteiger partial charge in [0.2, 0.25) is 0 Å². The Balaban J connectivity index is 1.16. The van der Waals surface area contributed by atoms with Crippen molar-refractivity contribution in [3.8, 4) is 22.9 Å². The normalized spacial score (nSPS) is 17.7. The molecule has 0 bridgehead atoms. The van der Waals surface area contributed by atoms with E-state index < -0.39 is 5.60 Å². The number of ether oxygens (including phenoxy) is 2. The fraction of sp³-hybridized carbons (Fsp3) is 0.538. The van der Waals surface area contributed by atoms with E-state index in [1.807, 2.05) is 39.2 Å². The highest BCUT2D eigenvalue weighted by atomic mass is 16.6. The zero-order valence-electron chi connectivity index (χ0n) is 21.3. The molecule has 2 fully saturated rings. The molecular weight excluding hydrogens is 458 g/mol. The fourth-order valence-corrected chi connectivity index (χ4v) is 5.06. The van der Waals surface area contributed by atoms with Crippen LogP contribution in [0.5, 0.6) is 5.75 Å². The van der Waals surface area contributed by atoms with E-state index in [1.165, 1.54) is 0 Å². The monoisotopic (exact) mass is 491 g/mol. The van der Waals surface area contributed by atoms with Crippen LogP contribution in [0.25, 0.3) is 16.6 Å². The Morgan fingerprint density at radius 2 is 1.89 bits per heavy atom. The minimum absolute atomic E-state index is 0.207. The Hall–Kier alpha value is -3.58. The summed E-state index contributed by atoms with van der Waals surface area (Å²) in [5.74, 6) is 1.13. The Labute approximate surface area is 211 Å². The summed E-state index contributed by atoms with van der Waals surface area (Å²) in [5.41, 5.74) is 2.64. The maximum atomic E-state index is 12.2. The number of nitrogens with zero attached hydrogens (tertiary/aromatic N) is 7. The number of methoxy groups -OCH3 is 1. The number of hydrogen-bond acceptors (Lipinski definition) is 7. The smallest absolute Gasteiger partial charge is 0.410 e. The topological polar surface area (TPSA) is 101 Å². The lowest BCUT2D eigenvalue weighted by molar-refractivity contribution is -0.00801. The number of pyridine rings is 1. The summed E-state index contributed by atoms with van der Waals surface area (Å²) in [4.78, 5) is 16.5. The van der Waals surface area contributed by atoms with Gasteiger partial charge in [-0.05, 0) is 39.7 Å². The average molecular weight is 492 g/mol. The Morgan fingerprint density at radius 1 is 1.14 bits per heavy atom. The highest BCUT2D eigenvalue weighted by molar-refractivity contribution is 5.75. The van der Waals surface area contributed by atoms with Gasteiger partial charge in [-0.25, -0.2) is 9.31 Å². The van der Waals surface area contributed by atoms with Crippen LogP contribution < -0.4 is 4.74 Å². The minimum atomic E-state index is -0.449. The maximum absolute atomic E-state index is 12.2. The number of fused-ring (bicyclic) bond motifs is 1. The molecule has 2 saturated heterocycles. The number of nitriles is 1. The lowest BCUT2D eigenvalue weighted by Crippen LogP contribution is -2.55. The largest absolute Gasteiger partial charge is 0.494 e. The number of carbonyl (C=O) groups excluding carboxylic acids is 1. The molecule has 0 spiro atoms. The van der Waals surface area contributed by atoms with Gasteiger partial charge in [0.15, 0.2) is 0 Å². The molecule has 10 heteroatoms. The molecule has 36 heavy (non-hydrogen) atoms. The lowest BCUT2D eigenvalue weighted by atomic mass is 9.97. The van der Waals surface area contributed by atoms with E-state index in [9.17, 15) is 10.1 Å². The lowest BCUT2D eigenvalue weighted by Gasteiger charge is -2.43. The summed E-state index contributed by atoms with van der Waals surface area (Å²) in [5, 5.41) is 18.3. The highest BCUT2D eigenvalue weighted by Gasteiger charge is 2.35. The van der Waals surface area contributed by atoms with Crippen molar-refractivity contribution >= 4 is 11.6 Å². The average Bonchev–Trinajstić information content (AvgIpc) is 3.47. The first-order valence-electron chi connectivity index (χ1n) is 12.4. The van der Waals surface area contributed by atoms with Crippen LogP contribution in [0.15, 0.2) is 30.9 Å². The van der Waals surface area contributed by atoms with Crippen molar-refractivity contribution in [2.45, 2.75) is 45.3 Å². The molecule has 2 aliphatic rings. The van der Waals surface area contributed by atoms with Gasteiger partial charge >= 0.3 is 6.09 Å². The van der Waals surface area contributed by atoms with Crippen molar-refractivity contribution in [2.24, 2.45) is 5.92 Å². The molecule has 0 aromatic carbocycles. The van der Waals surface area contributed by atoms with Gasteiger partial charge in [0.1, 0.15) is 28.5 Å². The van der Waals surface area contributed by atoms with E-state index in [2.05, 4.69) is 32.0 Å². The van der Waals surface area contributed by atoms with E-state index in [-0.39, 0.29) is 6.09 Å². The van der Waals surface area contributed by atoms with Crippen LogP contribution >= 0.6 is 0 Å². The van der Waals surface area contributed by atoms with Gasteiger partial charge in [-0.15, -0.1) is 0 Å². The second-order valence-electron chi connectivity index (χ2n) is 10.8. The van der Waals surface area contributed by atoms with E-state index in [0.717, 1.165) is 56.7 Å². The van der Waals surface area contributed by atoms with E-state index in [4.69, 9.17) is 9.47 Å². The first-order chi connectivity index (χ1) is 17.2. The first-order valence-corrected chi connectivity index (χ1v) is 12.4. The van der Waals surface area contributed by atoms with Gasteiger partial charge in [0.25, 0.3) is 0 Å². The van der Waals surface area contributed by atoms with Crippen LogP contribution in [0, 0.1) is 17.2 Å². The summed E-state index contributed by atoms with van der Waals surface area (Å²) in [6.07, 6.45) is 9.29. The maximum Gasteiger partial charge on any atom is 0.410 e. The van der Waals surface area contributed by atoms with Crippen molar-refractivity contribution in [1.29, 1.82) is 5.26 Å². The molecule has 2 aliphatic heterocycles.